The first-order valence-corrected chi connectivity index (χ1v) is 9.75. The Morgan fingerprint density at radius 3 is 2.47 bits per heavy atom. The van der Waals surface area contributed by atoms with E-state index in [1.165, 1.54) is 23.1 Å². The van der Waals surface area contributed by atoms with Gasteiger partial charge in [-0.2, -0.15) is 13.2 Å². The number of fused-ring (bicyclic) bond motifs is 1. The highest BCUT2D eigenvalue weighted by molar-refractivity contribution is 6.30. The molecule has 30 heavy (non-hydrogen) atoms. The predicted molar refractivity (Wildman–Crippen MR) is 108 cm³/mol. The molecule has 0 spiro atoms. The normalized spacial score (nSPS) is 14.5. The van der Waals surface area contributed by atoms with Gasteiger partial charge in [0.1, 0.15) is 5.60 Å². The molecule has 11 heteroatoms. The zero-order chi connectivity index (χ0) is 22.3. The van der Waals surface area contributed by atoms with Gasteiger partial charge in [0.2, 0.25) is 0 Å². The van der Waals surface area contributed by atoms with Crippen molar-refractivity contribution in [1.82, 2.24) is 10.2 Å². The number of rotatable bonds is 2. The van der Waals surface area contributed by atoms with E-state index < -0.39 is 23.4 Å². The molecular weight excluding hydrogens is 444 g/mol. The summed E-state index contributed by atoms with van der Waals surface area (Å²) in [6, 6.07) is 4.89. The second-order valence-corrected chi connectivity index (χ2v) is 8.55. The molecule has 2 aromatic rings. The SMILES string of the molecule is CC(C)(C)OC(=O)N1CCN(Cc2cc(Cl)ccc2C(F)(F)F)c2cc(Cl)nnc21. The van der Waals surface area contributed by atoms with Crippen LogP contribution >= 0.6 is 23.2 Å². The molecular formula is C19H19Cl2F3N4O2. The van der Waals surface area contributed by atoms with Gasteiger partial charge in [0.05, 0.1) is 11.3 Å². The van der Waals surface area contributed by atoms with E-state index in [9.17, 15) is 18.0 Å². The van der Waals surface area contributed by atoms with Gasteiger partial charge in [0, 0.05) is 30.7 Å². The summed E-state index contributed by atoms with van der Waals surface area (Å²) in [5.74, 6) is 0.162. The lowest BCUT2D eigenvalue weighted by atomic mass is 10.1. The molecule has 1 aliphatic rings. The Kier molecular flexibility index (Phi) is 6.06. The smallest absolute Gasteiger partial charge is 0.416 e. The van der Waals surface area contributed by atoms with Crippen molar-refractivity contribution in [2.45, 2.75) is 39.1 Å². The van der Waals surface area contributed by atoms with Gasteiger partial charge in [0.15, 0.2) is 11.0 Å². The molecule has 0 radical (unpaired) electrons. The number of carbonyl (C=O) groups excluding carboxylic acids is 1. The van der Waals surface area contributed by atoms with Gasteiger partial charge in [-0.3, -0.25) is 4.90 Å². The summed E-state index contributed by atoms with van der Waals surface area (Å²) >= 11 is 11.9. The molecule has 0 fully saturated rings. The quantitative estimate of drug-likeness (QED) is 0.584. The van der Waals surface area contributed by atoms with Crippen LogP contribution in [0.3, 0.4) is 0 Å². The average Bonchev–Trinajstić information content (AvgIpc) is 2.59. The molecule has 0 bridgehead atoms. The van der Waals surface area contributed by atoms with E-state index in [1.807, 2.05) is 0 Å². The minimum absolute atomic E-state index is 0.000368. The van der Waals surface area contributed by atoms with Crippen molar-refractivity contribution in [3.63, 3.8) is 0 Å². The first-order chi connectivity index (χ1) is 13.8. The maximum Gasteiger partial charge on any atom is 0.416 e. The summed E-state index contributed by atoms with van der Waals surface area (Å²) < 4.78 is 45.7. The third kappa shape index (κ3) is 5.07. The summed E-state index contributed by atoms with van der Waals surface area (Å²) in [5.41, 5.74) is -1.13. The molecule has 6 nitrogen and oxygen atoms in total. The third-order valence-electron chi connectivity index (χ3n) is 4.26. The summed E-state index contributed by atoms with van der Waals surface area (Å²) in [6.45, 7) is 5.47. The Hall–Kier alpha value is -2.26. The summed E-state index contributed by atoms with van der Waals surface area (Å²) in [7, 11) is 0. The van der Waals surface area contributed by atoms with Gasteiger partial charge in [-0.15, -0.1) is 10.2 Å². The minimum Gasteiger partial charge on any atom is -0.443 e. The standard InChI is InChI=1S/C19H19Cl2F3N4O2/c1-18(2,3)30-17(29)28-7-6-27(14-9-15(21)25-26-16(14)28)10-11-8-12(20)4-5-13(11)19(22,23)24/h4-5,8-9H,6-7,10H2,1-3H3. The van der Waals surface area contributed by atoms with Crippen molar-refractivity contribution >= 4 is 40.8 Å². The molecule has 1 amide bonds. The highest BCUT2D eigenvalue weighted by Crippen LogP contribution is 2.37. The fraction of sp³-hybridized carbons (Fsp3) is 0.421. The van der Waals surface area contributed by atoms with Crippen molar-refractivity contribution in [2.24, 2.45) is 0 Å². The highest BCUT2D eigenvalue weighted by Gasteiger charge is 2.36. The Morgan fingerprint density at radius 1 is 1.13 bits per heavy atom. The van der Waals surface area contributed by atoms with E-state index in [2.05, 4.69) is 10.2 Å². The molecule has 1 aromatic heterocycles. The van der Waals surface area contributed by atoms with Crippen LogP contribution in [0.2, 0.25) is 10.2 Å². The number of benzene rings is 1. The molecule has 0 unspecified atom stereocenters. The van der Waals surface area contributed by atoms with E-state index in [1.54, 1.807) is 25.7 Å². The molecule has 0 atom stereocenters. The Morgan fingerprint density at radius 2 is 1.83 bits per heavy atom. The van der Waals surface area contributed by atoms with Crippen LogP contribution in [0.15, 0.2) is 24.3 Å². The number of alkyl halides is 3. The van der Waals surface area contributed by atoms with Crippen molar-refractivity contribution in [3.05, 3.63) is 45.6 Å². The number of hydrogen-bond acceptors (Lipinski definition) is 5. The van der Waals surface area contributed by atoms with E-state index in [0.717, 1.165) is 6.07 Å². The number of halogens is 5. The van der Waals surface area contributed by atoms with Gasteiger partial charge in [-0.1, -0.05) is 23.2 Å². The molecule has 1 aliphatic heterocycles. The molecule has 0 saturated carbocycles. The van der Waals surface area contributed by atoms with Gasteiger partial charge in [-0.25, -0.2) is 4.79 Å². The zero-order valence-electron chi connectivity index (χ0n) is 16.4. The van der Waals surface area contributed by atoms with Gasteiger partial charge in [-0.05, 0) is 44.5 Å². The molecule has 3 rings (SSSR count). The lowest BCUT2D eigenvalue weighted by Crippen LogP contribution is -2.46. The maximum atomic E-state index is 13.4. The van der Waals surface area contributed by atoms with Crippen LogP contribution in [-0.4, -0.2) is 35.0 Å². The molecule has 2 heterocycles. The first-order valence-electron chi connectivity index (χ1n) is 8.99. The molecule has 162 valence electrons. The van der Waals surface area contributed by atoms with Crippen molar-refractivity contribution in [2.75, 3.05) is 22.9 Å². The monoisotopic (exact) mass is 462 g/mol. The van der Waals surface area contributed by atoms with Gasteiger partial charge in [0.25, 0.3) is 0 Å². The summed E-state index contributed by atoms with van der Waals surface area (Å²) in [5, 5.41) is 8.00. The van der Waals surface area contributed by atoms with Crippen LogP contribution in [0, 0.1) is 0 Å². The number of carbonyl (C=O) groups is 1. The number of hydrogen-bond donors (Lipinski definition) is 0. The van der Waals surface area contributed by atoms with Crippen LogP contribution in [0.1, 0.15) is 31.9 Å². The molecule has 0 N–H and O–H groups in total. The topological polar surface area (TPSA) is 58.6 Å². The number of amides is 1. The zero-order valence-corrected chi connectivity index (χ0v) is 17.9. The van der Waals surface area contributed by atoms with E-state index >= 15 is 0 Å². The largest absolute Gasteiger partial charge is 0.443 e. The van der Waals surface area contributed by atoms with Crippen molar-refractivity contribution < 1.29 is 22.7 Å². The lowest BCUT2D eigenvalue weighted by Gasteiger charge is -2.37. The number of ether oxygens (including phenoxy) is 1. The third-order valence-corrected chi connectivity index (χ3v) is 4.68. The van der Waals surface area contributed by atoms with Crippen LogP contribution < -0.4 is 9.80 Å². The van der Waals surface area contributed by atoms with Gasteiger partial charge < -0.3 is 9.64 Å². The summed E-state index contributed by atoms with van der Waals surface area (Å²) in [4.78, 5) is 15.5. The minimum atomic E-state index is -4.53. The Labute approximate surface area is 181 Å². The van der Waals surface area contributed by atoms with E-state index in [0.29, 0.717) is 5.69 Å². The number of anilines is 2. The maximum absolute atomic E-state index is 13.4. The van der Waals surface area contributed by atoms with Crippen molar-refractivity contribution in [1.29, 1.82) is 0 Å². The second kappa shape index (κ2) is 8.11. The van der Waals surface area contributed by atoms with Crippen LogP contribution in [0.5, 0.6) is 0 Å². The Balaban J connectivity index is 1.97. The van der Waals surface area contributed by atoms with Crippen LogP contribution in [0.25, 0.3) is 0 Å². The number of aromatic nitrogens is 2. The Bertz CT molecular complexity index is 964. The predicted octanol–water partition coefficient (Wildman–Crippen LogP) is 5.56. The van der Waals surface area contributed by atoms with Crippen LogP contribution in [0.4, 0.5) is 29.5 Å². The van der Waals surface area contributed by atoms with Crippen molar-refractivity contribution in [3.8, 4) is 0 Å². The summed E-state index contributed by atoms with van der Waals surface area (Å²) in [6.07, 6.45) is -5.16. The fourth-order valence-electron chi connectivity index (χ4n) is 3.06. The van der Waals surface area contributed by atoms with E-state index in [4.69, 9.17) is 27.9 Å². The first kappa shape index (κ1) is 22.4. The second-order valence-electron chi connectivity index (χ2n) is 7.73. The molecule has 0 aliphatic carbocycles. The highest BCUT2D eigenvalue weighted by atomic mass is 35.5. The molecule has 0 saturated heterocycles. The molecule has 1 aromatic carbocycles. The fourth-order valence-corrected chi connectivity index (χ4v) is 3.39. The lowest BCUT2D eigenvalue weighted by molar-refractivity contribution is -0.138. The number of nitrogens with zero attached hydrogens (tertiary/aromatic N) is 4. The van der Waals surface area contributed by atoms with Crippen LogP contribution in [-0.2, 0) is 17.5 Å². The van der Waals surface area contributed by atoms with Gasteiger partial charge >= 0.3 is 12.3 Å². The van der Waals surface area contributed by atoms with E-state index in [-0.39, 0.29) is 41.2 Å². The average molecular weight is 463 g/mol.